The zero-order valence-corrected chi connectivity index (χ0v) is 27.6. The van der Waals surface area contributed by atoms with Gasteiger partial charge in [0.1, 0.15) is 11.6 Å². The van der Waals surface area contributed by atoms with Gasteiger partial charge in [-0.15, -0.1) is 0 Å². The molecule has 3 aromatic rings. The largest absolute Gasteiger partial charge is 0.444 e. The maximum absolute atomic E-state index is 13.8. The van der Waals surface area contributed by atoms with Gasteiger partial charge in [-0.2, -0.15) is 0 Å². The van der Waals surface area contributed by atoms with Crippen molar-refractivity contribution in [2.45, 2.75) is 77.6 Å². The number of ether oxygens (including phenoxy) is 1. The van der Waals surface area contributed by atoms with Crippen LogP contribution in [0.15, 0.2) is 47.5 Å². The van der Waals surface area contributed by atoms with Crippen LogP contribution in [0.5, 0.6) is 0 Å². The van der Waals surface area contributed by atoms with Crippen LogP contribution in [0.25, 0.3) is 0 Å². The lowest BCUT2D eigenvalue weighted by atomic mass is 9.95. The molecule has 1 saturated heterocycles. The topological polar surface area (TPSA) is 92.6 Å². The highest BCUT2D eigenvalue weighted by Crippen LogP contribution is 2.38. The van der Waals surface area contributed by atoms with Crippen LogP contribution >= 0.6 is 27.5 Å². The molecule has 9 nitrogen and oxygen atoms in total. The van der Waals surface area contributed by atoms with Crippen LogP contribution in [0.4, 0.5) is 4.79 Å². The molecule has 43 heavy (non-hydrogen) atoms. The second kappa shape index (κ2) is 13.4. The Morgan fingerprint density at radius 3 is 2.70 bits per heavy atom. The molecule has 11 heteroatoms. The summed E-state index contributed by atoms with van der Waals surface area (Å²) < 4.78 is 8.79. The summed E-state index contributed by atoms with van der Waals surface area (Å²) in [6.45, 7) is 10.2. The monoisotopic (exact) mass is 670 g/mol. The van der Waals surface area contributed by atoms with E-state index in [2.05, 4.69) is 54.8 Å². The first-order valence-electron chi connectivity index (χ1n) is 15.0. The predicted molar refractivity (Wildman–Crippen MR) is 170 cm³/mol. The number of amides is 2. The number of piperazine rings is 1. The molecule has 230 valence electrons. The molecule has 0 saturated carbocycles. The highest BCUT2D eigenvalue weighted by molar-refractivity contribution is 9.10. The first kappa shape index (κ1) is 31.5. The molecule has 5 rings (SSSR count). The van der Waals surface area contributed by atoms with Crippen LogP contribution < -0.4 is 5.32 Å². The summed E-state index contributed by atoms with van der Waals surface area (Å²) in [6.07, 6.45) is 8.35. The molecule has 0 radical (unpaired) electrons. The smallest absolute Gasteiger partial charge is 0.411 e. The quantitative estimate of drug-likeness (QED) is 0.353. The van der Waals surface area contributed by atoms with Crippen LogP contribution in [0, 0.1) is 0 Å². The van der Waals surface area contributed by atoms with E-state index in [1.165, 1.54) is 5.56 Å². The number of aromatic nitrogens is 3. The molecule has 0 bridgehead atoms. The summed E-state index contributed by atoms with van der Waals surface area (Å²) in [5.41, 5.74) is 4.82. The Morgan fingerprint density at radius 2 is 1.93 bits per heavy atom. The molecule has 2 atom stereocenters. The fourth-order valence-electron chi connectivity index (χ4n) is 6.01. The van der Waals surface area contributed by atoms with E-state index in [0.717, 1.165) is 52.8 Å². The van der Waals surface area contributed by atoms with Gasteiger partial charge in [0.05, 0.1) is 18.1 Å². The minimum Gasteiger partial charge on any atom is -0.444 e. The van der Waals surface area contributed by atoms with E-state index in [1.807, 2.05) is 51.6 Å². The maximum atomic E-state index is 13.8. The molecular weight excluding hydrogens is 632 g/mol. The second-order valence-electron chi connectivity index (χ2n) is 12.2. The van der Waals surface area contributed by atoms with Crippen molar-refractivity contribution >= 4 is 39.5 Å². The Morgan fingerprint density at radius 1 is 1.14 bits per heavy atom. The average Bonchev–Trinajstić information content (AvgIpc) is 3.32. The number of benzene rings is 1. The van der Waals surface area contributed by atoms with E-state index in [4.69, 9.17) is 21.3 Å². The first-order chi connectivity index (χ1) is 20.5. The Bertz CT molecular complexity index is 1420. The van der Waals surface area contributed by atoms with Gasteiger partial charge in [0.2, 0.25) is 5.91 Å². The van der Waals surface area contributed by atoms with Crippen molar-refractivity contribution in [2.24, 2.45) is 0 Å². The van der Waals surface area contributed by atoms with E-state index < -0.39 is 17.7 Å². The Balaban J connectivity index is 1.43. The predicted octanol–water partition coefficient (Wildman–Crippen LogP) is 5.57. The SMILES string of the molecule is CCCn1cncc1CCNC(=O)C1CN(C2c3ccc(Cl)cc3CCc3cc(Br)cnc32)CCN1C(=O)OC(C)(C)C. The zero-order chi connectivity index (χ0) is 30.7. The second-order valence-corrected chi connectivity index (χ2v) is 13.6. The minimum absolute atomic E-state index is 0.183. The number of nitrogens with one attached hydrogen (secondary N) is 1. The highest BCUT2D eigenvalue weighted by atomic mass is 79.9. The van der Waals surface area contributed by atoms with Gasteiger partial charge in [0.25, 0.3) is 0 Å². The van der Waals surface area contributed by atoms with Crippen LogP contribution in [0.3, 0.4) is 0 Å². The number of carbonyl (C=O) groups is 2. The lowest BCUT2D eigenvalue weighted by molar-refractivity contribution is -0.129. The molecule has 1 N–H and O–H groups in total. The van der Waals surface area contributed by atoms with Gasteiger partial charge in [-0.05, 0) is 90.9 Å². The number of nitrogens with zero attached hydrogens (tertiary/aromatic N) is 5. The summed E-state index contributed by atoms with van der Waals surface area (Å²) in [6, 6.07) is 7.25. The van der Waals surface area contributed by atoms with E-state index in [0.29, 0.717) is 37.6 Å². The van der Waals surface area contributed by atoms with Gasteiger partial charge >= 0.3 is 6.09 Å². The van der Waals surface area contributed by atoms with E-state index in [1.54, 1.807) is 4.90 Å². The summed E-state index contributed by atoms with van der Waals surface area (Å²) in [4.78, 5) is 40.2. The summed E-state index contributed by atoms with van der Waals surface area (Å²) in [7, 11) is 0. The Hall–Kier alpha value is -2.95. The van der Waals surface area contributed by atoms with Crippen molar-refractivity contribution in [1.29, 1.82) is 0 Å². The number of aryl methyl sites for hydroxylation is 3. The number of carbonyl (C=O) groups excluding carboxylic acids is 2. The lowest BCUT2D eigenvalue weighted by Gasteiger charge is -2.44. The number of rotatable bonds is 7. The van der Waals surface area contributed by atoms with Crippen LogP contribution in [0.2, 0.25) is 5.02 Å². The number of fused-ring (bicyclic) bond motifs is 2. The highest BCUT2D eigenvalue weighted by Gasteiger charge is 2.41. The third-order valence-electron chi connectivity index (χ3n) is 7.94. The molecule has 1 aliphatic carbocycles. The van der Waals surface area contributed by atoms with E-state index in [-0.39, 0.29) is 11.9 Å². The molecule has 2 unspecified atom stereocenters. The minimum atomic E-state index is -0.734. The molecular formula is C32H40BrClN6O3. The first-order valence-corrected chi connectivity index (χ1v) is 16.1. The number of halogens is 2. The maximum Gasteiger partial charge on any atom is 0.411 e. The van der Waals surface area contributed by atoms with Crippen molar-refractivity contribution in [3.05, 3.63) is 80.6 Å². The Kier molecular flexibility index (Phi) is 9.78. The van der Waals surface area contributed by atoms with Crippen molar-refractivity contribution in [1.82, 2.24) is 29.7 Å². The van der Waals surface area contributed by atoms with Crippen molar-refractivity contribution in [2.75, 3.05) is 26.2 Å². The fourth-order valence-corrected chi connectivity index (χ4v) is 6.59. The van der Waals surface area contributed by atoms with E-state index in [9.17, 15) is 9.59 Å². The molecule has 0 spiro atoms. The Labute approximate surface area is 267 Å². The van der Waals surface area contributed by atoms with Gasteiger partial charge in [0, 0.05) is 66.7 Å². The molecule has 1 aliphatic heterocycles. The fraction of sp³-hybridized carbons (Fsp3) is 0.500. The van der Waals surface area contributed by atoms with Crippen molar-refractivity contribution < 1.29 is 14.3 Å². The third kappa shape index (κ3) is 7.41. The molecule has 1 fully saturated rings. The van der Waals surface area contributed by atoms with Crippen molar-refractivity contribution in [3.8, 4) is 0 Å². The average molecular weight is 672 g/mol. The van der Waals surface area contributed by atoms with Crippen LogP contribution in [-0.4, -0.2) is 74.2 Å². The molecule has 3 heterocycles. The normalized spacial score (nSPS) is 18.9. The molecule has 1 aromatic carbocycles. The summed E-state index contributed by atoms with van der Waals surface area (Å²) in [5, 5.41) is 3.80. The van der Waals surface area contributed by atoms with Gasteiger partial charge in [-0.3, -0.25) is 19.6 Å². The molecule has 2 aliphatic rings. The molecule has 2 amide bonds. The van der Waals surface area contributed by atoms with Crippen molar-refractivity contribution in [3.63, 3.8) is 0 Å². The number of imidazole rings is 1. The van der Waals surface area contributed by atoms with Crippen LogP contribution in [0.1, 0.15) is 68.2 Å². The van der Waals surface area contributed by atoms with E-state index >= 15 is 0 Å². The molecule has 2 aromatic heterocycles. The van der Waals surface area contributed by atoms with Gasteiger partial charge in [-0.1, -0.05) is 24.6 Å². The zero-order valence-electron chi connectivity index (χ0n) is 25.3. The van der Waals surface area contributed by atoms with Crippen LogP contribution in [-0.2, 0) is 35.3 Å². The third-order valence-corrected chi connectivity index (χ3v) is 8.61. The standard InChI is InChI=1S/C32H40BrClN6O3/c1-5-12-39-20-35-18-25(39)10-11-36-30(41)27-19-38(13-14-40(27)31(42)43-32(2,3)4)29-26-9-8-24(34)16-21(26)6-7-22-15-23(33)17-37-28(22)29/h8-9,15-18,20,27,29H,5-7,10-14,19H2,1-4H3,(H,36,41). The number of hydrogen-bond acceptors (Lipinski definition) is 6. The van der Waals surface area contributed by atoms with Gasteiger partial charge in [-0.25, -0.2) is 9.78 Å². The lowest BCUT2D eigenvalue weighted by Crippen LogP contribution is -2.61. The number of hydrogen-bond donors (Lipinski definition) is 1. The number of pyridine rings is 1. The summed E-state index contributed by atoms with van der Waals surface area (Å²) in [5.74, 6) is -0.203. The van der Waals surface area contributed by atoms with Gasteiger partial charge < -0.3 is 14.6 Å². The van der Waals surface area contributed by atoms with Gasteiger partial charge in [0.15, 0.2) is 0 Å². The summed E-state index contributed by atoms with van der Waals surface area (Å²) >= 11 is 10.0.